The number of nitrogens with zero attached hydrogens (tertiary/aromatic N) is 6. The normalized spacial score (nSPS) is 10.8. The molecule has 0 aliphatic carbocycles. The fraction of sp³-hybridized carbons (Fsp3) is 0.545. The molecule has 0 amide bonds. The summed E-state index contributed by atoms with van der Waals surface area (Å²) in [6.07, 6.45) is 6.34. The molecule has 3 rings (SSSR count). The molecule has 32 heavy (non-hydrogen) atoms. The van der Waals surface area contributed by atoms with E-state index in [1.54, 1.807) is 0 Å². The summed E-state index contributed by atoms with van der Waals surface area (Å²) >= 11 is 7.45. The topological polar surface area (TPSA) is 53.5 Å². The summed E-state index contributed by atoms with van der Waals surface area (Å²) in [7, 11) is 0. The van der Waals surface area contributed by atoms with Crippen LogP contribution in [0.1, 0.15) is 75.7 Å². The van der Waals surface area contributed by atoms with Crippen molar-refractivity contribution in [1.29, 1.82) is 0 Å². The van der Waals surface area contributed by atoms with Crippen molar-refractivity contribution in [2.75, 3.05) is 0 Å². The van der Waals surface area contributed by atoms with Crippen LogP contribution in [-0.4, -0.2) is 29.3 Å². The molecule has 0 N–H and O–H groups in total. The zero-order valence-corrected chi connectivity index (χ0v) is 27.8. The molecule has 0 unspecified atom stereocenters. The summed E-state index contributed by atoms with van der Waals surface area (Å²) in [5.41, 5.74) is 6.82. The number of hydrogen-bond acceptors (Lipinski definition) is 3. The summed E-state index contributed by atoms with van der Waals surface area (Å²) in [5, 5.41) is 14.8. The van der Waals surface area contributed by atoms with Gasteiger partial charge in [-0.25, -0.2) is 0 Å². The average Bonchev–Trinajstić information content (AvgIpc) is 3.50. The van der Waals surface area contributed by atoms with Crippen molar-refractivity contribution in [3.63, 3.8) is 0 Å². The molecule has 3 aromatic rings. The van der Waals surface area contributed by atoms with Gasteiger partial charge in [-0.1, -0.05) is 59.7 Å². The average molecular weight is 810 g/mol. The Morgan fingerprint density at radius 3 is 1.03 bits per heavy atom. The monoisotopic (exact) mass is 810 g/mol. The van der Waals surface area contributed by atoms with Gasteiger partial charge in [-0.05, 0) is 55.6 Å². The minimum absolute atomic E-state index is 0.423. The Hall–Kier alpha value is 0.404. The van der Waals surface area contributed by atoms with Crippen molar-refractivity contribution in [2.45, 2.75) is 80.1 Å². The summed E-state index contributed by atoms with van der Waals surface area (Å²) in [6.45, 7) is 12.5. The van der Waals surface area contributed by atoms with E-state index >= 15 is 0 Å². The molecule has 0 aliphatic heterocycles. The van der Waals surface area contributed by atoms with E-state index in [2.05, 4.69) is 131 Å². The van der Waals surface area contributed by atoms with Gasteiger partial charge in [0.1, 0.15) is 0 Å². The molecule has 0 aliphatic rings. The Kier molecular flexibility index (Phi) is 12.6. The van der Waals surface area contributed by atoms with E-state index in [1.807, 2.05) is 0 Å². The predicted molar refractivity (Wildman–Crippen MR) is 154 cm³/mol. The van der Waals surface area contributed by atoms with Gasteiger partial charge in [-0.15, -0.1) is 0 Å². The Bertz CT molecular complexity index is 856. The molecule has 10 heteroatoms. The fourth-order valence-electron chi connectivity index (χ4n) is 3.49. The van der Waals surface area contributed by atoms with Crippen LogP contribution < -0.4 is 0 Å². The summed E-state index contributed by atoms with van der Waals surface area (Å²) < 4.78 is 6.15. The van der Waals surface area contributed by atoms with Crippen LogP contribution in [0.4, 0.5) is 0 Å². The maximum absolute atomic E-state index is 4.93. The van der Waals surface area contributed by atoms with E-state index < -0.39 is 6.63 Å². The third-order valence-corrected chi connectivity index (χ3v) is 5.24. The van der Waals surface area contributed by atoms with Gasteiger partial charge in [0, 0.05) is 0 Å². The van der Waals surface area contributed by atoms with Gasteiger partial charge in [0.15, 0.2) is 6.29 Å². The van der Waals surface area contributed by atoms with Gasteiger partial charge < -0.3 is 0 Å². The number of halogens is 3. The fourth-order valence-corrected chi connectivity index (χ4v) is 3.49. The van der Waals surface area contributed by atoms with Crippen LogP contribution in [0.25, 0.3) is 0 Å². The number of aromatic nitrogens is 6. The Morgan fingerprint density at radius 2 is 0.844 bits per heavy atom. The summed E-state index contributed by atoms with van der Waals surface area (Å²) in [6, 6.07) is 6.60. The van der Waals surface area contributed by atoms with Crippen molar-refractivity contribution in [2.24, 2.45) is 0 Å². The van der Waals surface area contributed by atoms with Crippen LogP contribution >= 0.6 is 57.6 Å². The van der Waals surface area contributed by atoms with Crippen LogP contribution in [-0.2, 0) is 45.2 Å². The van der Waals surface area contributed by atoms with E-state index in [4.69, 9.17) is 15.3 Å². The second-order valence-corrected chi connectivity index (χ2v) is 46.8. The van der Waals surface area contributed by atoms with Gasteiger partial charge in [0.25, 0.3) is 0 Å². The molecule has 0 bridgehead atoms. The van der Waals surface area contributed by atoms with Crippen LogP contribution in [0.15, 0.2) is 18.2 Å². The molecule has 0 aromatic carbocycles. The Balaban J connectivity index is 0.000000837. The predicted octanol–water partition coefficient (Wildman–Crippen LogP) is 6.70. The van der Waals surface area contributed by atoms with E-state index in [-0.39, 0.29) is 0 Å². The van der Waals surface area contributed by atoms with E-state index in [9.17, 15) is 0 Å². The minimum atomic E-state index is -0.423. The second-order valence-electron chi connectivity index (χ2n) is 7.25. The van der Waals surface area contributed by atoms with Gasteiger partial charge in [-0.3, -0.25) is 14.0 Å². The standard InChI is InChI=1S/C22H33N6.3HI.Ti/c1-7-16-13-19(10-4)26(23-16)22(27-20(11-5)14-17(8-2)24-27)28-21(12-6)15-18(9-3)25-28;;;;/h13-15H,7-12H2,1-6H3;3*1H;/q-1;;;;+4/p-3. The zero-order valence-electron chi connectivity index (χ0n) is 19.8. The number of rotatable bonds is 9. The van der Waals surface area contributed by atoms with Gasteiger partial charge >= 0.3 is 64.2 Å². The van der Waals surface area contributed by atoms with Crippen LogP contribution in [0.2, 0.25) is 0 Å². The third kappa shape index (κ3) is 7.20. The molecule has 6 nitrogen and oxygen atoms in total. The first-order valence-corrected chi connectivity index (χ1v) is 26.4. The molecule has 176 valence electrons. The molecule has 0 saturated heterocycles. The van der Waals surface area contributed by atoms with Crippen LogP contribution in [0, 0.1) is 6.29 Å². The molecule has 0 spiro atoms. The van der Waals surface area contributed by atoms with Crippen molar-refractivity contribution < 1.29 is 6.63 Å². The molecular weight excluding hydrogens is 777 g/mol. The first-order chi connectivity index (χ1) is 15.3. The molecule has 0 saturated carbocycles. The molecule has 3 aromatic heterocycles. The maximum atomic E-state index is 4.93. The van der Waals surface area contributed by atoms with Crippen LogP contribution in [0.3, 0.4) is 0 Å². The molecule has 0 atom stereocenters. The zero-order chi connectivity index (χ0) is 23.8. The molecule has 3 heterocycles. The number of aryl methyl sites for hydroxylation is 6. The van der Waals surface area contributed by atoms with Gasteiger partial charge in [0.05, 0.1) is 17.1 Å². The Morgan fingerprint density at radius 1 is 0.594 bits per heavy atom. The third-order valence-electron chi connectivity index (χ3n) is 5.24. The van der Waals surface area contributed by atoms with Crippen molar-refractivity contribution >= 4 is 57.6 Å². The van der Waals surface area contributed by atoms with E-state index in [1.165, 1.54) is 17.1 Å². The Labute approximate surface area is 229 Å². The second kappa shape index (κ2) is 14.1. The van der Waals surface area contributed by atoms with Crippen molar-refractivity contribution in [3.05, 3.63) is 58.7 Å². The summed E-state index contributed by atoms with van der Waals surface area (Å²) in [5.74, 6) is 0. The summed E-state index contributed by atoms with van der Waals surface area (Å²) in [4.78, 5) is 0. The van der Waals surface area contributed by atoms with E-state index in [0.29, 0.717) is 0 Å². The van der Waals surface area contributed by atoms with Gasteiger partial charge in [-0.2, -0.15) is 15.3 Å². The SMILES string of the molecule is CCc1cc(CC)n([C-](n2nc(CC)cc2CC)n2nc(CC)cc2CC)n1.[I][Ti+]([I])[I]. The molecule has 0 radical (unpaired) electrons. The van der Waals surface area contributed by atoms with Crippen molar-refractivity contribution in [3.8, 4) is 0 Å². The first kappa shape index (κ1) is 28.6. The molecular formula is C22H33I3N6Ti. The number of hydrogen-bond donors (Lipinski definition) is 0. The van der Waals surface area contributed by atoms with E-state index in [0.717, 1.165) is 61.9 Å². The molecule has 0 fully saturated rings. The van der Waals surface area contributed by atoms with Gasteiger partial charge in [0.2, 0.25) is 0 Å². The van der Waals surface area contributed by atoms with Crippen LogP contribution in [0.5, 0.6) is 0 Å². The quantitative estimate of drug-likeness (QED) is 0.138. The first-order valence-electron chi connectivity index (χ1n) is 11.3. The van der Waals surface area contributed by atoms with Crippen molar-refractivity contribution in [1.82, 2.24) is 29.3 Å².